The molecule has 0 aromatic heterocycles. The van der Waals surface area contributed by atoms with Gasteiger partial charge in [-0.3, -0.25) is 9.59 Å². The van der Waals surface area contributed by atoms with Gasteiger partial charge in [0.05, 0.1) is 12.1 Å². The number of rotatable bonds is 20. The maximum Gasteiger partial charge on any atom is 0.237 e. The third-order valence-electron chi connectivity index (χ3n) is 6.45. The van der Waals surface area contributed by atoms with Crippen molar-refractivity contribution in [1.29, 1.82) is 0 Å². The second kappa shape index (κ2) is 19.1. The molecule has 0 fully saturated rings. The highest BCUT2D eigenvalue weighted by Crippen LogP contribution is 2.10. The minimum atomic E-state index is -0.180. The monoisotopic (exact) mass is 583 g/mol. The molecular formula is C33H70N6O2. The number of hydrogen-bond acceptors (Lipinski definition) is 6. The van der Waals surface area contributed by atoms with Crippen LogP contribution in [0.2, 0.25) is 0 Å². The molecule has 0 bridgehead atoms. The minimum absolute atomic E-state index is 0.0887. The zero-order chi connectivity index (χ0) is 31.7. The molecule has 0 saturated carbocycles. The van der Waals surface area contributed by atoms with E-state index in [0.717, 1.165) is 70.9 Å². The average molecular weight is 583 g/mol. The van der Waals surface area contributed by atoms with Crippen molar-refractivity contribution >= 4 is 11.8 Å². The third kappa shape index (κ3) is 26.2. The van der Waals surface area contributed by atoms with Crippen LogP contribution in [0, 0.1) is 0 Å². The summed E-state index contributed by atoms with van der Waals surface area (Å²) in [7, 11) is 0. The fourth-order valence-corrected chi connectivity index (χ4v) is 4.55. The van der Waals surface area contributed by atoms with Gasteiger partial charge in [-0.2, -0.15) is 0 Å². The van der Waals surface area contributed by atoms with Gasteiger partial charge in [0.2, 0.25) is 11.8 Å². The van der Waals surface area contributed by atoms with Gasteiger partial charge in [-0.1, -0.05) is 12.8 Å². The van der Waals surface area contributed by atoms with E-state index < -0.39 is 0 Å². The van der Waals surface area contributed by atoms with Gasteiger partial charge in [0, 0.05) is 35.2 Å². The Morgan fingerprint density at radius 3 is 1.05 bits per heavy atom. The lowest BCUT2D eigenvalue weighted by atomic mass is 10.0. The number of hydrogen-bond donors (Lipinski definition) is 6. The van der Waals surface area contributed by atoms with Crippen LogP contribution in [0.15, 0.2) is 0 Å². The maximum absolute atomic E-state index is 12.9. The van der Waals surface area contributed by atoms with Crippen molar-refractivity contribution in [3.63, 3.8) is 0 Å². The Labute approximate surface area is 254 Å². The molecule has 0 saturated heterocycles. The van der Waals surface area contributed by atoms with Crippen LogP contribution in [0.1, 0.15) is 141 Å². The van der Waals surface area contributed by atoms with Crippen LogP contribution in [0.25, 0.3) is 0 Å². The van der Waals surface area contributed by atoms with Crippen molar-refractivity contribution in [2.75, 3.05) is 26.2 Å². The van der Waals surface area contributed by atoms with Gasteiger partial charge in [0.25, 0.3) is 0 Å². The van der Waals surface area contributed by atoms with Crippen molar-refractivity contribution in [3.8, 4) is 0 Å². The van der Waals surface area contributed by atoms with Gasteiger partial charge < -0.3 is 31.9 Å². The number of carbonyl (C=O) groups excluding carboxylic acids is 2. The fourth-order valence-electron chi connectivity index (χ4n) is 4.55. The zero-order valence-corrected chi connectivity index (χ0v) is 29.2. The van der Waals surface area contributed by atoms with Crippen LogP contribution in [0.5, 0.6) is 0 Å². The van der Waals surface area contributed by atoms with Crippen molar-refractivity contribution in [2.45, 2.75) is 175 Å². The molecule has 0 aliphatic carbocycles. The molecule has 0 rings (SSSR count). The van der Waals surface area contributed by atoms with Crippen molar-refractivity contribution in [1.82, 2.24) is 31.9 Å². The molecule has 8 heteroatoms. The molecule has 0 spiro atoms. The Morgan fingerprint density at radius 2 is 0.756 bits per heavy atom. The Bertz CT molecular complexity index is 653. The van der Waals surface area contributed by atoms with E-state index in [1.807, 2.05) is 0 Å². The molecule has 0 heterocycles. The summed E-state index contributed by atoms with van der Waals surface area (Å²) in [6.07, 6.45) is 8.55. The lowest BCUT2D eigenvalue weighted by Crippen LogP contribution is -2.52. The minimum Gasteiger partial charge on any atom is -0.355 e. The first-order valence-corrected chi connectivity index (χ1v) is 16.3. The van der Waals surface area contributed by atoms with E-state index in [4.69, 9.17) is 0 Å². The molecule has 6 N–H and O–H groups in total. The van der Waals surface area contributed by atoms with Gasteiger partial charge in [-0.05, 0) is 141 Å². The zero-order valence-electron chi connectivity index (χ0n) is 29.2. The van der Waals surface area contributed by atoms with Crippen LogP contribution in [0.3, 0.4) is 0 Å². The van der Waals surface area contributed by atoms with Gasteiger partial charge in [0.15, 0.2) is 0 Å². The van der Waals surface area contributed by atoms with Crippen LogP contribution >= 0.6 is 0 Å². The molecule has 0 radical (unpaired) electrons. The molecule has 2 amide bonds. The van der Waals surface area contributed by atoms with Crippen LogP contribution < -0.4 is 31.9 Å². The van der Waals surface area contributed by atoms with Gasteiger partial charge in [-0.25, -0.2) is 0 Å². The van der Waals surface area contributed by atoms with E-state index in [1.165, 1.54) is 0 Å². The summed E-state index contributed by atoms with van der Waals surface area (Å²) in [6, 6.07) is -0.360. The molecule has 41 heavy (non-hydrogen) atoms. The van der Waals surface area contributed by atoms with E-state index in [0.29, 0.717) is 13.1 Å². The Balaban J connectivity index is 4.40. The van der Waals surface area contributed by atoms with Gasteiger partial charge in [0.1, 0.15) is 0 Å². The normalized spacial score (nSPS) is 14.5. The van der Waals surface area contributed by atoms with Gasteiger partial charge >= 0.3 is 0 Å². The Hall–Kier alpha value is -1.22. The first kappa shape index (κ1) is 39.8. The number of unbranched alkanes of at least 4 members (excludes halogenated alkanes) is 4. The summed E-state index contributed by atoms with van der Waals surface area (Å²) < 4.78 is 0. The Morgan fingerprint density at radius 1 is 0.439 bits per heavy atom. The van der Waals surface area contributed by atoms with Crippen molar-refractivity contribution in [2.24, 2.45) is 0 Å². The summed E-state index contributed by atoms with van der Waals surface area (Å²) in [4.78, 5) is 25.9. The molecule has 0 aliphatic rings. The summed E-state index contributed by atoms with van der Waals surface area (Å²) >= 11 is 0. The second-order valence-electron chi connectivity index (χ2n) is 15.9. The smallest absolute Gasteiger partial charge is 0.237 e. The van der Waals surface area contributed by atoms with E-state index >= 15 is 0 Å². The molecular weight excluding hydrogens is 512 g/mol. The summed E-state index contributed by atoms with van der Waals surface area (Å²) in [5.74, 6) is 0.177. The van der Waals surface area contributed by atoms with Crippen LogP contribution in [0.4, 0.5) is 0 Å². The largest absolute Gasteiger partial charge is 0.355 e. The summed E-state index contributed by atoms with van der Waals surface area (Å²) in [5, 5.41) is 20.3. The fraction of sp³-hybridized carbons (Fsp3) is 0.939. The highest BCUT2D eigenvalue weighted by Gasteiger charge is 2.24. The molecule has 0 aromatic rings. The maximum atomic E-state index is 12.9. The average Bonchev–Trinajstić information content (AvgIpc) is 2.78. The third-order valence-corrected chi connectivity index (χ3v) is 6.45. The molecule has 2 unspecified atom stereocenters. The molecule has 0 aliphatic heterocycles. The predicted octanol–water partition coefficient (Wildman–Crippen LogP) is 5.02. The summed E-state index contributed by atoms with van der Waals surface area (Å²) in [5.41, 5.74) is 0.00955. The van der Waals surface area contributed by atoms with Crippen LogP contribution in [-0.2, 0) is 9.59 Å². The van der Waals surface area contributed by atoms with E-state index in [-0.39, 0.29) is 46.1 Å². The van der Waals surface area contributed by atoms with E-state index in [2.05, 4.69) is 115 Å². The molecule has 0 aromatic carbocycles. The predicted molar refractivity (Wildman–Crippen MR) is 176 cm³/mol. The Kier molecular flexibility index (Phi) is 18.6. The standard InChI is InChI=1S/C33H70N6O2/c1-30(2,3)36-24-18-14-20-26(38-32(7,8)9)28(40)34-22-16-13-17-23-35-29(41)27(39-33(10,11)12)21-15-19-25-37-31(4,5)6/h26-27,36-39H,13-25H2,1-12H3,(H,34,40)(H,35,41). The number of amides is 2. The van der Waals surface area contributed by atoms with Crippen LogP contribution in [-0.4, -0.2) is 72.2 Å². The highest BCUT2D eigenvalue weighted by molar-refractivity contribution is 5.82. The SMILES string of the molecule is CC(C)(C)NCCCCC(NC(C)(C)C)C(=O)NCCCCCNC(=O)C(CCCCNC(C)(C)C)NC(C)(C)C. The molecule has 244 valence electrons. The van der Waals surface area contributed by atoms with Crippen molar-refractivity contribution < 1.29 is 9.59 Å². The lowest BCUT2D eigenvalue weighted by molar-refractivity contribution is -0.124. The first-order chi connectivity index (χ1) is 18.7. The van der Waals surface area contributed by atoms with E-state index in [1.54, 1.807) is 0 Å². The second-order valence-corrected chi connectivity index (χ2v) is 15.9. The quantitative estimate of drug-likeness (QED) is 0.113. The number of nitrogens with one attached hydrogen (secondary N) is 6. The highest BCUT2D eigenvalue weighted by atomic mass is 16.2. The van der Waals surface area contributed by atoms with Crippen molar-refractivity contribution in [3.05, 3.63) is 0 Å². The number of carbonyl (C=O) groups is 2. The summed E-state index contributed by atoms with van der Waals surface area (Å²) in [6.45, 7) is 28.9. The topological polar surface area (TPSA) is 106 Å². The van der Waals surface area contributed by atoms with Gasteiger partial charge in [-0.15, -0.1) is 0 Å². The van der Waals surface area contributed by atoms with E-state index in [9.17, 15) is 9.59 Å². The molecule has 2 atom stereocenters. The lowest BCUT2D eigenvalue weighted by Gasteiger charge is -2.28. The molecule has 8 nitrogen and oxygen atoms in total. The first-order valence-electron chi connectivity index (χ1n) is 16.3.